The van der Waals surface area contributed by atoms with Crippen molar-refractivity contribution in [1.29, 1.82) is 0 Å². The third kappa shape index (κ3) is 4.69. The Labute approximate surface area is 208 Å². The molecule has 6 nitrogen and oxygen atoms in total. The molecule has 8 heteroatoms. The maximum Gasteiger partial charge on any atom is 0.269 e. The van der Waals surface area contributed by atoms with Gasteiger partial charge in [-0.3, -0.25) is 19.9 Å². The third-order valence-electron chi connectivity index (χ3n) is 6.07. The lowest BCUT2D eigenvalue weighted by Crippen LogP contribution is -2.40. The molecule has 3 aromatic rings. The van der Waals surface area contributed by atoms with Gasteiger partial charge in [0, 0.05) is 33.3 Å². The molecule has 0 saturated heterocycles. The van der Waals surface area contributed by atoms with Gasteiger partial charge >= 0.3 is 0 Å². The van der Waals surface area contributed by atoms with Gasteiger partial charge in [-0.1, -0.05) is 73.8 Å². The van der Waals surface area contributed by atoms with Gasteiger partial charge in [-0.25, -0.2) is 0 Å². The van der Waals surface area contributed by atoms with E-state index in [-0.39, 0.29) is 24.1 Å². The lowest BCUT2D eigenvalue weighted by molar-refractivity contribution is -0.384. The molecule has 0 unspecified atom stereocenters. The summed E-state index contributed by atoms with van der Waals surface area (Å²) in [5.74, 6) is -0.214. The van der Waals surface area contributed by atoms with Gasteiger partial charge in [0.2, 0.25) is 0 Å². The minimum absolute atomic E-state index is 0.0254. The highest BCUT2D eigenvalue weighted by Crippen LogP contribution is 2.35. The molecule has 174 valence electrons. The summed E-state index contributed by atoms with van der Waals surface area (Å²) in [5.41, 5.74) is 3.25. The highest BCUT2D eigenvalue weighted by Gasteiger charge is 2.35. The van der Waals surface area contributed by atoms with Crippen LogP contribution in [0.1, 0.15) is 37.0 Å². The molecule has 1 aliphatic heterocycles. The predicted octanol–water partition coefficient (Wildman–Crippen LogP) is 6.70. The normalized spacial score (nSPS) is 16.5. The Morgan fingerprint density at radius 3 is 2.53 bits per heavy atom. The van der Waals surface area contributed by atoms with Crippen LogP contribution in [0.3, 0.4) is 0 Å². The number of non-ortho nitro benzene ring substituents is 1. The van der Waals surface area contributed by atoms with Crippen molar-refractivity contribution in [2.24, 2.45) is 10.9 Å². The second-order valence-electron chi connectivity index (χ2n) is 8.30. The number of rotatable bonds is 6. The van der Waals surface area contributed by atoms with Gasteiger partial charge in [0.25, 0.3) is 11.6 Å². The number of hydrogen-bond acceptors (Lipinski definition) is 4. The Balaban J connectivity index is 1.92. The second-order valence-corrected chi connectivity index (χ2v) is 9.14. The van der Waals surface area contributed by atoms with E-state index in [0.717, 1.165) is 6.42 Å². The van der Waals surface area contributed by atoms with E-state index in [4.69, 9.17) is 28.2 Å². The van der Waals surface area contributed by atoms with Crippen LogP contribution in [0.4, 0.5) is 11.4 Å². The minimum Gasteiger partial charge on any atom is -0.305 e. The maximum atomic E-state index is 13.9. The van der Waals surface area contributed by atoms with Gasteiger partial charge < -0.3 is 4.90 Å². The highest BCUT2D eigenvalue weighted by molar-refractivity contribution is 6.37. The molecule has 0 radical (unpaired) electrons. The number of benzodiazepines with no additional fused rings is 1. The van der Waals surface area contributed by atoms with Gasteiger partial charge in [0.05, 0.1) is 22.9 Å². The molecule has 34 heavy (non-hydrogen) atoms. The average Bonchev–Trinajstić information content (AvgIpc) is 2.94. The van der Waals surface area contributed by atoms with Crippen LogP contribution in [0.25, 0.3) is 0 Å². The Morgan fingerprint density at radius 2 is 1.82 bits per heavy atom. The fourth-order valence-electron chi connectivity index (χ4n) is 4.05. The summed E-state index contributed by atoms with van der Waals surface area (Å²) in [5, 5.41) is 12.3. The zero-order valence-electron chi connectivity index (χ0n) is 18.7. The lowest BCUT2D eigenvalue weighted by Gasteiger charge is -2.27. The van der Waals surface area contributed by atoms with Crippen LogP contribution in [-0.4, -0.2) is 22.6 Å². The smallest absolute Gasteiger partial charge is 0.269 e. The van der Waals surface area contributed by atoms with E-state index in [1.165, 1.54) is 12.1 Å². The molecule has 0 bridgehead atoms. The fraction of sp³-hybridized carbons (Fsp3) is 0.231. The number of hydrogen-bond donors (Lipinski definition) is 0. The van der Waals surface area contributed by atoms with Gasteiger partial charge in [0.1, 0.15) is 6.04 Å². The summed E-state index contributed by atoms with van der Waals surface area (Å²) in [6.45, 7) is 4.17. The summed E-state index contributed by atoms with van der Waals surface area (Å²) < 4.78 is 0. The predicted molar refractivity (Wildman–Crippen MR) is 136 cm³/mol. The molecule has 0 aliphatic carbocycles. The molecule has 1 aliphatic rings. The molecular weight excluding hydrogens is 473 g/mol. The molecule has 0 aromatic heterocycles. The number of carbonyl (C=O) groups is 1. The van der Waals surface area contributed by atoms with Crippen molar-refractivity contribution in [2.45, 2.75) is 32.9 Å². The number of nitrogens with zero attached hydrogens (tertiary/aromatic N) is 3. The first-order valence-corrected chi connectivity index (χ1v) is 11.7. The van der Waals surface area contributed by atoms with Crippen LogP contribution in [-0.2, 0) is 11.3 Å². The quantitative estimate of drug-likeness (QED) is 0.282. The number of halogens is 2. The average molecular weight is 496 g/mol. The van der Waals surface area contributed by atoms with E-state index < -0.39 is 11.0 Å². The molecule has 2 atom stereocenters. The Bertz CT molecular complexity index is 1290. The summed E-state index contributed by atoms with van der Waals surface area (Å²) >= 11 is 12.9. The second kappa shape index (κ2) is 9.95. The molecule has 3 aromatic carbocycles. The minimum atomic E-state index is -0.652. The Morgan fingerprint density at radius 1 is 1.06 bits per heavy atom. The lowest BCUT2D eigenvalue weighted by atomic mass is 9.97. The van der Waals surface area contributed by atoms with Gasteiger partial charge in [0.15, 0.2) is 0 Å². The molecule has 0 spiro atoms. The van der Waals surface area contributed by atoms with Crippen LogP contribution in [0, 0.1) is 16.0 Å². The number of fused-ring (bicyclic) bond motifs is 1. The van der Waals surface area contributed by atoms with Crippen LogP contribution < -0.4 is 4.90 Å². The molecule has 0 saturated carbocycles. The van der Waals surface area contributed by atoms with Crippen molar-refractivity contribution in [3.05, 3.63) is 104 Å². The zero-order valence-corrected chi connectivity index (χ0v) is 20.3. The summed E-state index contributed by atoms with van der Waals surface area (Å²) in [6.07, 6.45) is 0.747. The number of carbonyl (C=O) groups excluding carboxylic acids is 1. The molecule has 0 N–H and O–H groups in total. The molecule has 1 heterocycles. The zero-order chi connectivity index (χ0) is 24.4. The van der Waals surface area contributed by atoms with Gasteiger partial charge in [-0.2, -0.15) is 0 Å². The largest absolute Gasteiger partial charge is 0.305 e. The first-order chi connectivity index (χ1) is 16.3. The van der Waals surface area contributed by atoms with Gasteiger partial charge in [-0.15, -0.1) is 0 Å². The van der Waals surface area contributed by atoms with Crippen molar-refractivity contribution in [1.82, 2.24) is 0 Å². The van der Waals surface area contributed by atoms with Crippen molar-refractivity contribution in [3.63, 3.8) is 0 Å². The SMILES string of the molecule is CC[C@@H](C)[C@H]1N=C(c2ccccc2Cl)c2cc(Cl)ccc2N(Cc2cccc([N+](=O)[O-])c2)C1=O. The molecular formula is C26H23Cl2N3O3. The summed E-state index contributed by atoms with van der Waals surface area (Å²) in [7, 11) is 0. The van der Waals surface area contributed by atoms with Crippen molar-refractivity contribution in [3.8, 4) is 0 Å². The van der Waals surface area contributed by atoms with Crippen LogP contribution >= 0.6 is 23.2 Å². The van der Waals surface area contributed by atoms with E-state index in [1.807, 2.05) is 32.0 Å². The number of benzene rings is 3. The number of nitro groups is 1. The monoisotopic (exact) mass is 495 g/mol. The Hall–Kier alpha value is -3.22. The Kier molecular flexibility index (Phi) is 7.00. The summed E-state index contributed by atoms with van der Waals surface area (Å²) in [6, 6.07) is 18.3. The van der Waals surface area contributed by atoms with Crippen molar-refractivity contribution < 1.29 is 9.72 Å². The van der Waals surface area contributed by atoms with Crippen LogP contribution in [0.15, 0.2) is 71.7 Å². The molecule has 4 rings (SSSR count). The number of amides is 1. The van der Waals surface area contributed by atoms with E-state index in [2.05, 4.69) is 0 Å². The van der Waals surface area contributed by atoms with E-state index in [0.29, 0.717) is 38.1 Å². The number of anilines is 1. The molecule has 1 amide bonds. The summed E-state index contributed by atoms with van der Waals surface area (Å²) in [4.78, 5) is 31.3. The van der Waals surface area contributed by atoms with E-state index in [1.54, 1.807) is 41.3 Å². The van der Waals surface area contributed by atoms with Crippen LogP contribution in [0.2, 0.25) is 10.0 Å². The fourth-order valence-corrected chi connectivity index (χ4v) is 4.45. The number of aliphatic imine (C=N–C) groups is 1. The van der Waals surface area contributed by atoms with E-state index in [9.17, 15) is 14.9 Å². The molecule has 0 fully saturated rings. The van der Waals surface area contributed by atoms with Gasteiger partial charge in [-0.05, 0) is 35.7 Å². The first kappa shape index (κ1) is 23.9. The van der Waals surface area contributed by atoms with Crippen molar-refractivity contribution >= 4 is 46.2 Å². The van der Waals surface area contributed by atoms with Crippen molar-refractivity contribution in [2.75, 3.05) is 4.90 Å². The third-order valence-corrected chi connectivity index (χ3v) is 6.63. The topological polar surface area (TPSA) is 75.8 Å². The van der Waals surface area contributed by atoms with E-state index >= 15 is 0 Å². The highest BCUT2D eigenvalue weighted by atomic mass is 35.5. The first-order valence-electron chi connectivity index (χ1n) is 11.0. The standard InChI is InChI=1S/C26H23Cl2N3O3/c1-3-16(2)24-26(32)30(15-17-7-6-8-19(13-17)31(33)34)23-12-11-18(27)14-21(23)25(29-24)20-9-4-5-10-22(20)28/h4-14,16,24H,3,15H2,1-2H3/t16-,24-/m1/s1. The maximum absolute atomic E-state index is 13.9. The van der Waals surface area contributed by atoms with Crippen LogP contribution in [0.5, 0.6) is 0 Å². The number of nitro benzene ring substituents is 1.